The van der Waals surface area contributed by atoms with Gasteiger partial charge in [0.2, 0.25) is 5.91 Å². The molecule has 0 bridgehead atoms. The molecule has 3 N–H and O–H groups in total. The van der Waals surface area contributed by atoms with Gasteiger partial charge in [0, 0.05) is 11.1 Å². The van der Waals surface area contributed by atoms with E-state index in [1.807, 2.05) is 0 Å². The van der Waals surface area contributed by atoms with Gasteiger partial charge in [0.25, 0.3) is 5.91 Å². The number of hydrogen-bond donors (Lipinski definition) is 2. The predicted molar refractivity (Wildman–Crippen MR) is 85.6 cm³/mol. The lowest BCUT2D eigenvalue weighted by Crippen LogP contribution is -2.19. The number of carbonyl (C=O) groups is 2. The number of aromatic nitrogens is 1. The fraction of sp³-hybridized carbons (Fsp3) is 0.188. The van der Waals surface area contributed by atoms with Crippen LogP contribution in [0.15, 0.2) is 24.3 Å². The van der Waals surface area contributed by atoms with Crippen molar-refractivity contribution in [3.8, 4) is 22.9 Å². The summed E-state index contributed by atoms with van der Waals surface area (Å²) in [5.41, 5.74) is 6.64. The number of hydrogen-bond acceptors (Lipinski definition) is 4. The van der Waals surface area contributed by atoms with Gasteiger partial charge in [-0.15, -0.1) is 6.42 Å². The number of alkyl halides is 1. The molecule has 2 atom stereocenters. The first-order valence-electron chi connectivity index (χ1n) is 6.82. The number of nitrogens with zero attached hydrogens (tertiary/aromatic N) is 1. The summed E-state index contributed by atoms with van der Waals surface area (Å²) in [6.07, 6.45) is 4.45. The van der Waals surface area contributed by atoms with Gasteiger partial charge in [-0.3, -0.25) is 9.59 Å². The molecule has 0 aliphatic heterocycles. The lowest BCUT2D eigenvalue weighted by molar-refractivity contribution is -0.117. The Morgan fingerprint density at radius 1 is 1.48 bits per heavy atom. The number of amides is 2. The average molecular weight is 329 g/mol. The Hall–Kier alpha value is -2.72. The minimum absolute atomic E-state index is 0.0412. The van der Waals surface area contributed by atoms with E-state index in [4.69, 9.17) is 12.2 Å². The third-order valence-corrected chi connectivity index (χ3v) is 4.44. The molecule has 2 amide bonds. The first kappa shape index (κ1) is 15.2. The molecule has 1 saturated carbocycles. The summed E-state index contributed by atoms with van der Waals surface area (Å²) in [7, 11) is 0. The molecule has 1 heterocycles. The van der Waals surface area contributed by atoms with Crippen LogP contribution in [0.4, 0.5) is 9.39 Å². The summed E-state index contributed by atoms with van der Waals surface area (Å²) in [5, 5.41) is 3.26. The van der Waals surface area contributed by atoms with Crippen LogP contribution in [0.3, 0.4) is 0 Å². The van der Waals surface area contributed by atoms with E-state index in [9.17, 15) is 14.0 Å². The number of thiazole rings is 1. The fourth-order valence-electron chi connectivity index (χ4n) is 2.08. The topological polar surface area (TPSA) is 85.1 Å². The van der Waals surface area contributed by atoms with Crippen LogP contribution in [0.5, 0.6) is 0 Å². The molecule has 0 saturated heterocycles. The molecule has 0 spiro atoms. The van der Waals surface area contributed by atoms with Crippen molar-refractivity contribution >= 4 is 28.2 Å². The Morgan fingerprint density at radius 3 is 2.83 bits per heavy atom. The zero-order valence-corrected chi connectivity index (χ0v) is 12.7. The molecule has 23 heavy (non-hydrogen) atoms. The van der Waals surface area contributed by atoms with E-state index >= 15 is 0 Å². The largest absolute Gasteiger partial charge is 0.364 e. The van der Waals surface area contributed by atoms with Gasteiger partial charge in [0.1, 0.15) is 16.2 Å². The van der Waals surface area contributed by atoms with Gasteiger partial charge < -0.3 is 11.1 Å². The van der Waals surface area contributed by atoms with Crippen LogP contribution >= 0.6 is 11.3 Å². The number of rotatable bonds is 4. The number of primary amides is 1. The average Bonchev–Trinajstić information content (AvgIpc) is 3.12. The van der Waals surface area contributed by atoms with E-state index in [1.54, 1.807) is 24.3 Å². The second-order valence-corrected chi connectivity index (χ2v) is 6.13. The first-order valence-corrected chi connectivity index (χ1v) is 7.64. The van der Waals surface area contributed by atoms with Crippen LogP contribution in [0.2, 0.25) is 0 Å². The summed E-state index contributed by atoms with van der Waals surface area (Å²) in [6.45, 7) is 0. The SMILES string of the molecule is C#Cc1cccc(-c2nc(C(N)=O)c(NC(=O)C3CC3F)s2)c1. The maximum atomic E-state index is 13.0. The minimum atomic E-state index is -1.12. The number of nitrogens with two attached hydrogens (primary N) is 1. The van der Waals surface area contributed by atoms with Crippen molar-refractivity contribution in [1.29, 1.82) is 0 Å². The van der Waals surface area contributed by atoms with Crippen molar-refractivity contribution in [2.24, 2.45) is 11.7 Å². The molecular formula is C16H12FN3O2S. The Balaban J connectivity index is 1.93. The summed E-state index contributed by atoms with van der Waals surface area (Å²) in [4.78, 5) is 27.6. The number of halogens is 1. The van der Waals surface area contributed by atoms with Gasteiger partial charge in [-0.1, -0.05) is 29.4 Å². The van der Waals surface area contributed by atoms with E-state index < -0.39 is 23.9 Å². The highest BCUT2D eigenvalue weighted by atomic mass is 32.1. The molecule has 116 valence electrons. The monoisotopic (exact) mass is 329 g/mol. The Labute approximate surface area is 135 Å². The summed E-state index contributed by atoms with van der Waals surface area (Å²) in [6, 6.07) is 7.07. The molecule has 7 heteroatoms. The molecule has 1 aliphatic carbocycles. The van der Waals surface area contributed by atoms with E-state index in [1.165, 1.54) is 0 Å². The molecule has 2 aromatic rings. The van der Waals surface area contributed by atoms with Crippen molar-refractivity contribution < 1.29 is 14.0 Å². The molecule has 1 aromatic heterocycles. The lowest BCUT2D eigenvalue weighted by atomic mass is 10.1. The highest BCUT2D eigenvalue weighted by Gasteiger charge is 2.44. The minimum Gasteiger partial charge on any atom is -0.364 e. The molecule has 1 aromatic carbocycles. The number of nitrogens with one attached hydrogen (secondary N) is 1. The van der Waals surface area contributed by atoms with Crippen molar-refractivity contribution in [1.82, 2.24) is 4.98 Å². The van der Waals surface area contributed by atoms with Crippen LogP contribution in [-0.4, -0.2) is 23.0 Å². The molecule has 3 rings (SSSR count). The standard InChI is InChI=1S/C16H12FN3O2S/c1-2-8-4-3-5-9(6-8)15-19-12(13(18)21)16(23-15)20-14(22)10-7-11(10)17/h1,3-6,10-11H,7H2,(H2,18,21)(H,20,22). The zero-order valence-electron chi connectivity index (χ0n) is 11.9. The van der Waals surface area contributed by atoms with Crippen LogP contribution in [0.25, 0.3) is 10.6 Å². The van der Waals surface area contributed by atoms with E-state index in [2.05, 4.69) is 16.2 Å². The van der Waals surface area contributed by atoms with Crippen molar-refractivity contribution in [2.45, 2.75) is 12.6 Å². The second-order valence-electron chi connectivity index (χ2n) is 5.13. The van der Waals surface area contributed by atoms with Gasteiger partial charge in [-0.2, -0.15) is 0 Å². The van der Waals surface area contributed by atoms with Gasteiger partial charge in [-0.05, 0) is 18.6 Å². The normalized spacial score (nSPS) is 19.0. The maximum absolute atomic E-state index is 13.0. The Bertz CT molecular complexity index is 840. The molecule has 5 nitrogen and oxygen atoms in total. The molecular weight excluding hydrogens is 317 g/mol. The van der Waals surface area contributed by atoms with E-state index in [-0.39, 0.29) is 17.1 Å². The van der Waals surface area contributed by atoms with Gasteiger partial charge in [0.15, 0.2) is 5.69 Å². The molecule has 2 unspecified atom stereocenters. The summed E-state index contributed by atoms with van der Waals surface area (Å²) >= 11 is 1.10. The number of benzene rings is 1. The van der Waals surface area contributed by atoms with Crippen LogP contribution in [0, 0.1) is 18.3 Å². The predicted octanol–water partition coefficient (Wildman–Crippen LogP) is 2.19. The van der Waals surface area contributed by atoms with Crippen molar-refractivity contribution in [3.05, 3.63) is 35.5 Å². The number of anilines is 1. The van der Waals surface area contributed by atoms with E-state index in [0.717, 1.165) is 11.3 Å². The Kier molecular flexibility index (Phi) is 3.84. The van der Waals surface area contributed by atoms with Gasteiger partial charge >= 0.3 is 0 Å². The first-order chi connectivity index (χ1) is 11.0. The maximum Gasteiger partial charge on any atom is 0.270 e. The smallest absolute Gasteiger partial charge is 0.270 e. The van der Waals surface area contributed by atoms with Crippen LogP contribution in [0.1, 0.15) is 22.5 Å². The number of carbonyl (C=O) groups excluding carboxylic acids is 2. The van der Waals surface area contributed by atoms with Crippen LogP contribution < -0.4 is 11.1 Å². The van der Waals surface area contributed by atoms with Gasteiger partial charge in [0.05, 0.1) is 5.92 Å². The summed E-state index contributed by atoms with van der Waals surface area (Å²) in [5.74, 6) is 0.628. The quantitative estimate of drug-likeness (QED) is 0.843. The van der Waals surface area contributed by atoms with Crippen molar-refractivity contribution in [2.75, 3.05) is 5.32 Å². The molecule has 0 radical (unpaired) electrons. The lowest BCUT2D eigenvalue weighted by Gasteiger charge is -2.01. The van der Waals surface area contributed by atoms with Crippen LogP contribution in [-0.2, 0) is 4.79 Å². The highest BCUT2D eigenvalue weighted by Crippen LogP contribution is 2.37. The van der Waals surface area contributed by atoms with Gasteiger partial charge in [-0.25, -0.2) is 9.37 Å². The Morgan fingerprint density at radius 2 is 2.22 bits per heavy atom. The van der Waals surface area contributed by atoms with E-state index in [0.29, 0.717) is 16.1 Å². The summed E-state index contributed by atoms with van der Waals surface area (Å²) < 4.78 is 13.0. The third kappa shape index (κ3) is 3.07. The highest BCUT2D eigenvalue weighted by molar-refractivity contribution is 7.19. The number of terminal acetylenes is 1. The molecule has 1 fully saturated rings. The fourth-order valence-corrected chi connectivity index (χ4v) is 3.05. The zero-order chi connectivity index (χ0) is 16.6. The molecule has 1 aliphatic rings. The van der Waals surface area contributed by atoms with Crippen molar-refractivity contribution in [3.63, 3.8) is 0 Å². The third-order valence-electron chi connectivity index (χ3n) is 3.42. The second kappa shape index (κ2) is 5.82.